The molecule has 1 unspecified atom stereocenters. The van der Waals surface area contributed by atoms with Gasteiger partial charge >= 0.3 is 5.97 Å². The second-order valence-corrected chi connectivity index (χ2v) is 8.14. The van der Waals surface area contributed by atoms with E-state index in [1.807, 2.05) is 84.9 Å². The summed E-state index contributed by atoms with van der Waals surface area (Å²) in [5.74, 6) is -0.402. The Labute approximate surface area is 200 Å². The Morgan fingerprint density at radius 2 is 1.47 bits per heavy atom. The summed E-state index contributed by atoms with van der Waals surface area (Å²) >= 11 is 0. The molecule has 1 aliphatic heterocycles. The average Bonchev–Trinajstić information content (AvgIpc) is 2.90. The lowest BCUT2D eigenvalue weighted by atomic mass is 10.0. The van der Waals surface area contributed by atoms with Gasteiger partial charge in [-0.3, -0.25) is 9.69 Å². The van der Waals surface area contributed by atoms with E-state index in [2.05, 4.69) is 15.1 Å². The molecule has 1 atom stereocenters. The number of carbonyl (C=O) groups is 2. The second kappa shape index (κ2) is 11.3. The van der Waals surface area contributed by atoms with Crippen LogP contribution in [0.15, 0.2) is 91.0 Å². The summed E-state index contributed by atoms with van der Waals surface area (Å²) in [5, 5.41) is 2.90. The maximum Gasteiger partial charge on any atom is 0.327 e. The number of esters is 1. The van der Waals surface area contributed by atoms with Crippen LogP contribution in [0.2, 0.25) is 0 Å². The van der Waals surface area contributed by atoms with E-state index in [-0.39, 0.29) is 11.9 Å². The maximum atomic E-state index is 12.5. The molecule has 0 aromatic heterocycles. The first-order chi connectivity index (χ1) is 16.6. The molecule has 0 radical (unpaired) electrons. The van der Waals surface area contributed by atoms with Crippen LogP contribution in [-0.2, 0) is 14.3 Å². The van der Waals surface area contributed by atoms with E-state index in [4.69, 9.17) is 4.74 Å². The number of nitrogens with one attached hydrogen (secondary N) is 1. The SMILES string of the molecule is COC(=O)C(c1ccccc1)N1CCN(c2ccc(NC(=O)/C=C/c3ccccc3)cc2)CC1. The highest BCUT2D eigenvalue weighted by Gasteiger charge is 2.31. The zero-order valence-electron chi connectivity index (χ0n) is 19.3. The lowest BCUT2D eigenvalue weighted by molar-refractivity contribution is -0.147. The van der Waals surface area contributed by atoms with Crippen LogP contribution in [0, 0.1) is 0 Å². The van der Waals surface area contributed by atoms with Crippen LogP contribution >= 0.6 is 0 Å². The van der Waals surface area contributed by atoms with Crippen molar-refractivity contribution in [3.8, 4) is 0 Å². The number of benzene rings is 3. The molecule has 174 valence electrons. The van der Waals surface area contributed by atoms with E-state index >= 15 is 0 Å². The van der Waals surface area contributed by atoms with Crippen molar-refractivity contribution in [3.05, 3.63) is 102 Å². The van der Waals surface area contributed by atoms with Crippen molar-refractivity contribution in [2.24, 2.45) is 0 Å². The minimum atomic E-state index is -0.394. The van der Waals surface area contributed by atoms with Crippen molar-refractivity contribution < 1.29 is 14.3 Å². The summed E-state index contributed by atoms with van der Waals surface area (Å²) in [4.78, 5) is 29.2. The van der Waals surface area contributed by atoms with Gasteiger partial charge in [-0.05, 0) is 41.5 Å². The fourth-order valence-corrected chi connectivity index (χ4v) is 4.16. The lowest BCUT2D eigenvalue weighted by Gasteiger charge is -2.39. The van der Waals surface area contributed by atoms with Crippen molar-refractivity contribution in [2.45, 2.75) is 6.04 Å². The molecule has 1 amide bonds. The number of piperazine rings is 1. The number of hydrogen-bond donors (Lipinski definition) is 1. The van der Waals surface area contributed by atoms with Gasteiger partial charge in [0.2, 0.25) is 5.91 Å². The third-order valence-electron chi connectivity index (χ3n) is 5.95. The zero-order valence-corrected chi connectivity index (χ0v) is 19.3. The minimum absolute atomic E-state index is 0.167. The molecule has 6 heteroatoms. The van der Waals surface area contributed by atoms with Gasteiger partial charge in [0.1, 0.15) is 6.04 Å². The number of hydrogen-bond acceptors (Lipinski definition) is 5. The smallest absolute Gasteiger partial charge is 0.327 e. The fourth-order valence-electron chi connectivity index (χ4n) is 4.16. The molecule has 1 heterocycles. The van der Waals surface area contributed by atoms with Gasteiger partial charge < -0.3 is 15.0 Å². The van der Waals surface area contributed by atoms with Gasteiger partial charge in [-0.2, -0.15) is 0 Å². The summed E-state index contributed by atoms with van der Waals surface area (Å²) < 4.78 is 5.09. The van der Waals surface area contributed by atoms with Crippen LogP contribution in [0.3, 0.4) is 0 Å². The van der Waals surface area contributed by atoms with Gasteiger partial charge in [0.15, 0.2) is 0 Å². The third-order valence-corrected chi connectivity index (χ3v) is 5.95. The molecule has 0 aliphatic carbocycles. The highest BCUT2D eigenvalue weighted by atomic mass is 16.5. The van der Waals surface area contributed by atoms with E-state index in [0.717, 1.165) is 48.7 Å². The zero-order chi connectivity index (χ0) is 23.8. The molecule has 3 aromatic carbocycles. The van der Waals surface area contributed by atoms with E-state index in [1.165, 1.54) is 13.2 Å². The molecule has 1 aliphatic rings. The Morgan fingerprint density at radius 3 is 2.09 bits per heavy atom. The molecule has 0 bridgehead atoms. The Morgan fingerprint density at radius 1 is 0.853 bits per heavy atom. The molecular weight excluding hydrogens is 426 g/mol. The number of methoxy groups -OCH3 is 1. The molecule has 6 nitrogen and oxygen atoms in total. The van der Waals surface area contributed by atoms with Gasteiger partial charge in [0, 0.05) is 43.6 Å². The van der Waals surface area contributed by atoms with Crippen molar-refractivity contribution in [2.75, 3.05) is 43.5 Å². The summed E-state index contributed by atoms with van der Waals surface area (Å²) in [6, 6.07) is 27.0. The summed E-state index contributed by atoms with van der Waals surface area (Å²) in [6.45, 7) is 3.09. The Balaban J connectivity index is 1.33. The Kier molecular flexibility index (Phi) is 7.73. The molecule has 1 saturated heterocycles. The largest absolute Gasteiger partial charge is 0.468 e. The van der Waals surface area contributed by atoms with Gasteiger partial charge in [0.25, 0.3) is 0 Å². The molecule has 3 aromatic rings. The predicted octanol–water partition coefficient (Wildman–Crippen LogP) is 4.37. The minimum Gasteiger partial charge on any atom is -0.468 e. The number of anilines is 2. The molecular formula is C28H29N3O3. The summed E-state index contributed by atoms with van der Waals surface area (Å²) in [6.07, 6.45) is 3.33. The molecule has 0 spiro atoms. The van der Waals surface area contributed by atoms with E-state index < -0.39 is 6.04 Å². The first-order valence-electron chi connectivity index (χ1n) is 11.4. The Hall–Kier alpha value is -3.90. The maximum absolute atomic E-state index is 12.5. The van der Waals surface area contributed by atoms with E-state index in [9.17, 15) is 9.59 Å². The van der Waals surface area contributed by atoms with Crippen molar-refractivity contribution in [3.63, 3.8) is 0 Å². The van der Waals surface area contributed by atoms with Crippen molar-refractivity contribution >= 4 is 29.3 Å². The number of amides is 1. The number of ether oxygens (including phenoxy) is 1. The second-order valence-electron chi connectivity index (χ2n) is 8.14. The predicted molar refractivity (Wildman–Crippen MR) is 136 cm³/mol. The Bertz CT molecular complexity index is 1110. The number of nitrogens with zero attached hydrogens (tertiary/aromatic N) is 2. The first kappa shape index (κ1) is 23.3. The van der Waals surface area contributed by atoms with Gasteiger partial charge in [-0.1, -0.05) is 60.7 Å². The average molecular weight is 456 g/mol. The molecule has 4 rings (SSSR count). The van der Waals surface area contributed by atoms with Crippen LogP contribution in [0.5, 0.6) is 0 Å². The van der Waals surface area contributed by atoms with E-state index in [1.54, 1.807) is 6.08 Å². The van der Waals surface area contributed by atoms with Crippen LogP contribution in [0.4, 0.5) is 11.4 Å². The first-order valence-corrected chi connectivity index (χ1v) is 11.4. The summed E-state index contributed by atoms with van der Waals surface area (Å²) in [7, 11) is 1.44. The topological polar surface area (TPSA) is 61.9 Å². The standard InChI is InChI=1S/C28H29N3O3/c1-34-28(33)27(23-10-6-3-7-11-23)31-20-18-30(19-21-31)25-15-13-24(14-16-25)29-26(32)17-12-22-8-4-2-5-9-22/h2-17,27H,18-21H2,1H3,(H,29,32)/b17-12+. The van der Waals surface area contributed by atoms with Gasteiger partial charge in [-0.25, -0.2) is 4.79 Å². The highest BCUT2D eigenvalue weighted by molar-refractivity contribution is 6.02. The van der Waals surface area contributed by atoms with Gasteiger partial charge in [0.05, 0.1) is 7.11 Å². The summed E-state index contributed by atoms with van der Waals surface area (Å²) in [5.41, 5.74) is 3.77. The normalized spacial score (nSPS) is 15.1. The number of carbonyl (C=O) groups excluding carboxylic acids is 2. The fraction of sp³-hybridized carbons (Fsp3) is 0.214. The highest BCUT2D eigenvalue weighted by Crippen LogP contribution is 2.26. The molecule has 34 heavy (non-hydrogen) atoms. The van der Waals surface area contributed by atoms with Crippen molar-refractivity contribution in [1.82, 2.24) is 4.90 Å². The third kappa shape index (κ3) is 5.91. The quantitative estimate of drug-likeness (QED) is 0.423. The van der Waals surface area contributed by atoms with Gasteiger partial charge in [-0.15, -0.1) is 0 Å². The van der Waals surface area contributed by atoms with Crippen LogP contribution in [0.1, 0.15) is 17.2 Å². The molecule has 0 saturated carbocycles. The van der Waals surface area contributed by atoms with Crippen LogP contribution in [-0.4, -0.2) is 50.1 Å². The van der Waals surface area contributed by atoms with Crippen LogP contribution < -0.4 is 10.2 Å². The molecule has 1 N–H and O–H groups in total. The number of rotatable bonds is 7. The van der Waals surface area contributed by atoms with E-state index in [0.29, 0.717) is 0 Å². The molecule has 1 fully saturated rings. The lowest BCUT2D eigenvalue weighted by Crippen LogP contribution is -2.49. The van der Waals surface area contributed by atoms with Crippen LogP contribution in [0.25, 0.3) is 6.08 Å². The monoisotopic (exact) mass is 455 g/mol. The van der Waals surface area contributed by atoms with Crippen molar-refractivity contribution in [1.29, 1.82) is 0 Å².